The second kappa shape index (κ2) is 5.72. The highest BCUT2D eigenvalue weighted by Crippen LogP contribution is 2.28. The number of benzene rings is 1. The fraction of sp³-hybridized carbons (Fsp3) is 0.133. The Morgan fingerprint density at radius 1 is 1.23 bits per heavy atom. The van der Waals surface area contributed by atoms with Crippen molar-refractivity contribution in [2.24, 2.45) is 0 Å². The number of anilines is 1. The van der Waals surface area contributed by atoms with Crippen LogP contribution in [0.3, 0.4) is 0 Å². The largest absolute Gasteiger partial charge is 0.482 e. The number of hydrogen-bond acceptors (Lipinski definition) is 4. The number of aromatic amines is 1. The van der Waals surface area contributed by atoms with Crippen LogP contribution >= 0.6 is 0 Å². The molecule has 0 bridgehead atoms. The number of carbonyl (C=O) groups excluding carboxylic acids is 2. The summed E-state index contributed by atoms with van der Waals surface area (Å²) in [5, 5.41) is 5.45. The third-order valence-electron chi connectivity index (χ3n) is 3.18. The van der Waals surface area contributed by atoms with E-state index in [1.165, 1.54) is 18.3 Å². The van der Waals surface area contributed by atoms with Crippen molar-refractivity contribution in [2.45, 2.75) is 6.54 Å². The Morgan fingerprint density at radius 3 is 2.86 bits per heavy atom. The lowest BCUT2D eigenvalue weighted by atomic mass is 10.1. The molecule has 1 aromatic heterocycles. The molecule has 22 heavy (non-hydrogen) atoms. The van der Waals surface area contributed by atoms with E-state index in [1.807, 2.05) is 6.07 Å². The minimum Gasteiger partial charge on any atom is -0.482 e. The van der Waals surface area contributed by atoms with Crippen LogP contribution in [0.4, 0.5) is 5.69 Å². The topological polar surface area (TPSA) is 100 Å². The quantitative estimate of drug-likeness (QED) is 0.774. The van der Waals surface area contributed by atoms with Gasteiger partial charge in [0.1, 0.15) is 5.75 Å². The van der Waals surface area contributed by atoms with Gasteiger partial charge in [0, 0.05) is 18.8 Å². The van der Waals surface area contributed by atoms with Crippen LogP contribution in [0, 0.1) is 0 Å². The average molecular weight is 299 g/mol. The first kappa shape index (κ1) is 13.9. The van der Waals surface area contributed by atoms with E-state index in [-0.39, 0.29) is 24.0 Å². The number of nitrogens with one attached hydrogen (secondary N) is 3. The first-order valence-electron chi connectivity index (χ1n) is 6.64. The van der Waals surface area contributed by atoms with Gasteiger partial charge >= 0.3 is 0 Å². The Bertz CT molecular complexity index is 777. The number of hydrogen-bond donors (Lipinski definition) is 3. The molecule has 3 N–H and O–H groups in total. The van der Waals surface area contributed by atoms with Crippen LogP contribution in [-0.2, 0) is 11.3 Å². The summed E-state index contributed by atoms with van der Waals surface area (Å²) in [4.78, 5) is 36.6. The molecule has 1 aromatic carbocycles. The Kier molecular flexibility index (Phi) is 3.61. The third-order valence-corrected chi connectivity index (χ3v) is 3.18. The molecule has 0 unspecified atom stereocenters. The molecule has 0 saturated heterocycles. The smallest absolute Gasteiger partial charge is 0.262 e. The minimum absolute atomic E-state index is 0.00922. The van der Waals surface area contributed by atoms with Crippen LogP contribution in [0.25, 0.3) is 0 Å². The van der Waals surface area contributed by atoms with Crippen molar-refractivity contribution in [3.05, 3.63) is 58.0 Å². The number of rotatable bonds is 3. The zero-order valence-corrected chi connectivity index (χ0v) is 11.5. The minimum atomic E-state index is -0.297. The number of pyridine rings is 1. The summed E-state index contributed by atoms with van der Waals surface area (Å²) in [6.07, 6.45) is 1.36. The molecule has 2 heterocycles. The first-order chi connectivity index (χ1) is 10.6. The van der Waals surface area contributed by atoms with E-state index < -0.39 is 0 Å². The van der Waals surface area contributed by atoms with Gasteiger partial charge in [0.05, 0.1) is 11.3 Å². The van der Waals surface area contributed by atoms with Crippen LogP contribution in [0.1, 0.15) is 15.9 Å². The second-order valence-electron chi connectivity index (χ2n) is 4.79. The van der Waals surface area contributed by atoms with Crippen molar-refractivity contribution in [1.82, 2.24) is 10.3 Å². The molecular weight excluding hydrogens is 286 g/mol. The molecule has 3 rings (SSSR count). The second-order valence-corrected chi connectivity index (χ2v) is 4.79. The highest BCUT2D eigenvalue weighted by Gasteiger charge is 2.16. The van der Waals surface area contributed by atoms with Crippen LogP contribution in [0.15, 0.2) is 41.3 Å². The molecule has 0 saturated carbocycles. The Labute approximate surface area is 125 Å². The van der Waals surface area contributed by atoms with Crippen LogP contribution in [0.2, 0.25) is 0 Å². The Balaban J connectivity index is 1.67. The van der Waals surface area contributed by atoms with E-state index >= 15 is 0 Å². The van der Waals surface area contributed by atoms with Gasteiger partial charge < -0.3 is 20.4 Å². The zero-order valence-electron chi connectivity index (χ0n) is 11.5. The van der Waals surface area contributed by atoms with Crippen LogP contribution < -0.4 is 20.9 Å². The highest BCUT2D eigenvalue weighted by molar-refractivity contribution is 5.95. The molecule has 112 valence electrons. The lowest BCUT2D eigenvalue weighted by Gasteiger charge is -2.18. The van der Waals surface area contributed by atoms with Gasteiger partial charge in [-0.05, 0) is 23.8 Å². The summed E-state index contributed by atoms with van der Waals surface area (Å²) >= 11 is 0. The van der Waals surface area contributed by atoms with E-state index in [0.717, 1.165) is 5.56 Å². The van der Waals surface area contributed by atoms with Crippen molar-refractivity contribution >= 4 is 17.5 Å². The van der Waals surface area contributed by atoms with Crippen molar-refractivity contribution in [2.75, 3.05) is 11.9 Å². The SMILES string of the molecule is O=C1COc2ccc(CNC(=O)c3ccc(=O)[nH]c3)cc2N1. The number of aromatic nitrogens is 1. The van der Waals surface area contributed by atoms with Gasteiger partial charge in [0.25, 0.3) is 11.8 Å². The summed E-state index contributed by atoms with van der Waals surface area (Å²) in [5.41, 5.74) is 1.52. The molecule has 7 nitrogen and oxygen atoms in total. The van der Waals surface area contributed by atoms with E-state index in [2.05, 4.69) is 15.6 Å². The standard InChI is InChI=1S/C15H13N3O4/c19-13-4-2-10(7-16-13)15(21)17-6-9-1-3-12-11(5-9)18-14(20)8-22-12/h1-5,7H,6,8H2,(H,16,19)(H,17,21)(H,18,20). The van der Waals surface area contributed by atoms with Gasteiger partial charge in [0.15, 0.2) is 6.61 Å². The monoisotopic (exact) mass is 299 g/mol. The molecule has 0 spiro atoms. The fourth-order valence-electron chi connectivity index (χ4n) is 2.08. The lowest BCUT2D eigenvalue weighted by Crippen LogP contribution is -2.26. The molecular formula is C15H13N3O4. The number of amides is 2. The van der Waals surface area contributed by atoms with Crippen molar-refractivity contribution in [3.8, 4) is 5.75 Å². The summed E-state index contributed by atoms with van der Waals surface area (Å²) in [6.45, 7) is 0.302. The number of ether oxygens (including phenoxy) is 1. The first-order valence-corrected chi connectivity index (χ1v) is 6.64. The van der Waals surface area contributed by atoms with Crippen LogP contribution in [-0.4, -0.2) is 23.4 Å². The zero-order chi connectivity index (χ0) is 15.5. The maximum atomic E-state index is 11.9. The van der Waals surface area contributed by atoms with Crippen molar-refractivity contribution in [1.29, 1.82) is 0 Å². The fourth-order valence-corrected chi connectivity index (χ4v) is 2.08. The number of H-pyrrole nitrogens is 1. The Morgan fingerprint density at radius 2 is 2.09 bits per heavy atom. The van der Waals surface area contributed by atoms with Gasteiger partial charge in [-0.15, -0.1) is 0 Å². The van der Waals surface area contributed by atoms with Gasteiger partial charge in [-0.2, -0.15) is 0 Å². The molecule has 0 atom stereocenters. The van der Waals surface area contributed by atoms with E-state index in [4.69, 9.17) is 4.74 Å². The van der Waals surface area contributed by atoms with E-state index in [9.17, 15) is 14.4 Å². The molecule has 1 aliphatic rings. The van der Waals surface area contributed by atoms with E-state index in [1.54, 1.807) is 12.1 Å². The molecule has 0 radical (unpaired) electrons. The highest BCUT2D eigenvalue weighted by atomic mass is 16.5. The van der Waals surface area contributed by atoms with Crippen LogP contribution in [0.5, 0.6) is 5.75 Å². The predicted molar refractivity (Wildman–Crippen MR) is 78.8 cm³/mol. The number of carbonyl (C=O) groups is 2. The summed E-state index contributed by atoms with van der Waals surface area (Å²) < 4.78 is 5.26. The summed E-state index contributed by atoms with van der Waals surface area (Å²) in [7, 11) is 0. The molecule has 0 fully saturated rings. The predicted octanol–water partition coefficient (Wildman–Crippen LogP) is 0.636. The van der Waals surface area contributed by atoms with Gasteiger partial charge in [-0.25, -0.2) is 0 Å². The third kappa shape index (κ3) is 2.98. The molecule has 1 aliphatic heterocycles. The average Bonchev–Trinajstić information content (AvgIpc) is 2.53. The van der Waals surface area contributed by atoms with Crippen molar-refractivity contribution in [3.63, 3.8) is 0 Å². The molecule has 2 aromatic rings. The maximum absolute atomic E-state index is 11.9. The maximum Gasteiger partial charge on any atom is 0.262 e. The Hall–Kier alpha value is -3.09. The molecule has 0 aliphatic carbocycles. The summed E-state index contributed by atoms with van der Waals surface area (Å²) in [6, 6.07) is 8.05. The van der Waals surface area contributed by atoms with Gasteiger partial charge in [0.2, 0.25) is 5.56 Å². The van der Waals surface area contributed by atoms with Gasteiger partial charge in [-0.1, -0.05) is 6.07 Å². The van der Waals surface area contributed by atoms with Crippen molar-refractivity contribution < 1.29 is 14.3 Å². The molecule has 2 amide bonds. The number of fused-ring (bicyclic) bond motifs is 1. The summed E-state index contributed by atoms with van der Waals surface area (Å²) in [5.74, 6) is 0.103. The molecule has 7 heteroatoms. The van der Waals surface area contributed by atoms with Gasteiger partial charge in [-0.3, -0.25) is 14.4 Å². The lowest BCUT2D eigenvalue weighted by molar-refractivity contribution is -0.118. The normalized spacial score (nSPS) is 12.8. The van der Waals surface area contributed by atoms with E-state index in [0.29, 0.717) is 23.5 Å².